The van der Waals surface area contributed by atoms with Crippen LogP contribution in [0.15, 0.2) is 36.0 Å². The zero-order valence-electron chi connectivity index (χ0n) is 14.2. The number of hydrogen-bond donors (Lipinski definition) is 1. The molecule has 2 atom stereocenters. The Labute approximate surface area is 140 Å². The minimum atomic E-state index is -4.41. The Kier molecular flexibility index (Phi) is 7.48. The molecule has 0 aliphatic carbocycles. The molecule has 3 nitrogen and oxygen atoms in total. The van der Waals surface area contributed by atoms with Crippen molar-refractivity contribution in [3.8, 4) is 0 Å². The predicted octanol–water partition coefficient (Wildman–Crippen LogP) is 4.62. The van der Waals surface area contributed by atoms with E-state index in [1.54, 1.807) is 0 Å². The van der Waals surface area contributed by atoms with E-state index < -0.39 is 11.7 Å². The number of halogens is 3. The minimum absolute atomic E-state index is 0.0436. The molecule has 0 aliphatic rings. The van der Waals surface area contributed by atoms with Gasteiger partial charge in [0.15, 0.2) is 0 Å². The van der Waals surface area contributed by atoms with Crippen LogP contribution < -0.4 is 4.90 Å². The Morgan fingerprint density at radius 2 is 1.79 bits per heavy atom. The molecule has 0 aromatic heterocycles. The Bertz CT molecular complexity index is 552. The van der Waals surface area contributed by atoms with E-state index in [2.05, 4.69) is 0 Å². The van der Waals surface area contributed by atoms with E-state index in [1.807, 2.05) is 26.8 Å². The van der Waals surface area contributed by atoms with Crippen LogP contribution in [0.25, 0.3) is 0 Å². The maximum atomic E-state index is 12.7. The molecule has 24 heavy (non-hydrogen) atoms. The topological polar surface area (TPSA) is 40.5 Å². The van der Waals surface area contributed by atoms with E-state index in [1.165, 1.54) is 17.0 Å². The first-order valence-corrected chi connectivity index (χ1v) is 7.96. The van der Waals surface area contributed by atoms with Crippen molar-refractivity contribution in [3.63, 3.8) is 0 Å². The molecule has 6 heteroatoms. The molecule has 0 saturated heterocycles. The number of rotatable bonds is 8. The van der Waals surface area contributed by atoms with Gasteiger partial charge in [0.2, 0.25) is 6.41 Å². The van der Waals surface area contributed by atoms with E-state index in [0.717, 1.165) is 17.8 Å². The van der Waals surface area contributed by atoms with Crippen molar-refractivity contribution < 1.29 is 23.1 Å². The summed E-state index contributed by atoms with van der Waals surface area (Å²) in [4.78, 5) is 12.9. The van der Waals surface area contributed by atoms with Gasteiger partial charge in [0.05, 0.1) is 5.56 Å². The molecule has 0 fully saturated rings. The zero-order valence-corrected chi connectivity index (χ0v) is 14.2. The molecule has 134 valence electrons. The molecule has 1 rings (SSSR count). The largest absolute Gasteiger partial charge is 0.416 e. The maximum absolute atomic E-state index is 12.7. The van der Waals surface area contributed by atoms with Crippen molar-refractivity contribution in [1.82, 2.24) is 0 Å². The van der Waals surface area contributed by atoms with Gasteiger partial charge >= 0.3 is 6.18 Å². The van der Waals surface area contributed by atoms with Crippen molar-refractivity contribution >= 4 is 12.1 Å². The first kappa shape index (κ1) is 20.2. The van der Waals surface area contributed by atoms with Crippen molar-refractivity contribution in [2.45, 2.75) is 39.8 Å². The number of amides is 1. The smallest absolute Gasteiger partial charge is 0.396 e. The molecule has 0 radical (unpaired) electrons. The van der Waals surface area contributed by atoms with Gasteiger partial charge in [-0.25, -0.2) is 0 Å². The Hall–Kier alpha value is -1.82. The van der Waals surface area contributed by atoms with Gasteiger partial charge in [-0.15, -0.1) is 0 Å². The van der Waals surface area contributed by atoms with Crippen molar-refractivity contribution in [2.75, 3.05) is 11.5 Å². The van der Waals surface area contributed by atoms with Gasteiger partial charge in [0.1, 0.15) is 0 Å². The molecule has 1 aromatic carbocycles. The second-order valence-electron chi connectivity index (χ2n) is 5.97. The highest BCUT2D eigenvalue weighted by atomic mass is 19.4. The van der Waals surface area contributed by atoms with Crippen LogP contribution in [-0.4, -0.2) is 18.1 Å². The summed E-state index contributed by atoms with van der Waals surface area (Å²) in [6.45, 7) is 5.86. The number of aliphatic hydroxyl groups is 1. The van der Waals surface area contributed by atoms with Crippen LogP contribution in [0.1, 0.15) is 39.2 Å². The molecule has 0 bridgehead atoms. The summed E-state index contributed by atoms with van der Waals surface area (Å²) in [7, 11) is 0. The third kappa shape index (κ3) is 5.37. The second kappa shape index (κ2) is 8.87. The number of aliphatic hydroxyl groups excluding tert-OH is 1. The highest BCUT2D eigenvalue weighted by Crippen LogP contribution is 2.32. The van der Waals surface area contributed by atoms with Crippen LogP contribution in [0.5, 0.6) is 0 Å². The standard InChI is InChI=1S/C18H24F3NO2/c1-4-5-17(10-13(2)14(3)11-23)22(12-24)16-8-6-15(7-9-16)18(19,20)21/h5-9,12-14,23H,4,10-11H2,1-3H3/b17-5+/t13-,14?/m0/s1. The number of alkyl halides is 3. The number of carbonyl (C=O) groups is 1. The minimum Gasteiger partial charge on any atom is -0.396 e. The molecule has 1 unspecified atom stereocenters. The third-order valence-corrected chi connectivity index (χ3v) is 4.12. The van der Waals surface area contributed by atoms with E-state index in [9.17, 15) is 23.1 Å². The van der Waals surface area contributed by atoms with E-state index >= 15 is 0 Å². The molecule has 0 spiro atoms. The fourth-order valence-corrected chi connectivity index (χ4v) is 2.33. The average Bonchev–Trinajstić information content (AvgIpc) is 2.54. The van der Waals surface area contributed by atoms with Gasteiger partial charge < -0.3 is 5.11 Å². The lowest BCUT2D eigenvalue weighted by Gasteiger charge is -2.26. The first-order valence-electron chi connectivity index (χ1n) is 7.96. The van der Waals surface area contributed by atoms with Crippen LogP contribution in [0.4, 0.5) is 18.9 Å². The SMILES string of the molecule is CC/C=C(\C[C@H](C)C(C)CO)N(C=O)c1ccc(C(F)(F)F)cc1. The number of hydrogen-bond acceptors (Lipinski definition) is 2. The number of anilines is 1. The molecular weight excluding hydrogens is 319 g/mol. The number of benzene rings is 1. The summed E-state index contributed by atoms with van der Waals surface area (Å²) in [5, 5.41) is 9.26. The lowest BCUT2D eigenvalue weighted by Crippen LogP contribution is -2.24. The summed E-state index contributed by atoms with van der Waals surface area (Å²) < 4.78 is 38.0. The number of carbonyl (C=O) groups excluding carboxylic acids is 1. The van der Waals surface area contributed by atoms with Gasteiger partial charge in [-0.2, -0.15) is 13.2 Å². The fourth-order valence-electron chi connectivity index (χ4n) is 2.33. The summed E-state index contributed by atoms with van der Waals surface area (Å²) >= 11 is 0. The molecule has 0 aliphatic heterocycles. The van der Waals surface area contributed by atoms with Crippen LogP contribution in [-0.2, 0) is 11.0 Å². The van der Waals surface area contributed by atoms with Gasteiger partial charge in [-0.3, -0.25) is 9.69 Å². The lowest BCUT2D eigenvalue weighted by molar-refractivity contribution is -0.137. The van der Waals surface area contributed by atoms with Gasteiger partial charge in [-0.1, -0.05) is 26.8 Å². The molecule has 1 amide bonds. The fraction of sp³-hybridized carbons (Fsp3) is 0.500. The van der Waals surface area contributed by atoms with Crippen LogP contribution in [0.3, 0.4) is 0 Å². The lowest BCUT2D eigenvalue weighted by atomic mass is 9.91. The van der Waals surface area contributed by atoms with E-state index in [-0.39, 0.29) is 18.4 Å². The molecule has 0 saturated carbocycles. The van der Waals surface area contributed by atoms with Crippen molar-refractivity contribution in [1.29, 1.82) is 0 Å². The maximum Gasteiger partial charge on any atom is 0.416 e. The second-order valence-corrected chi connectivity index (χ2v) is 5.97. The molecular formula is C18H24F3NO2. The van der Waals surface area contributed by atoms with Crippen LogP contribution in [0.2, 0.25) is 0 Å². The van der Waals surface area contributed by atoms with E-state index in [0.29, 0.717) is 24.9 Å². The van der Waals surface area contributed by atoms with E-state index in [4.69, 9.17) is 0 Å². The van der Waals surface area contributed by atoms with Gasteiger partial charge in [0.25, 0.3) is 0 Å². The molecule has 1 aromatic rings. The average molecular weight is 343 g/mol. The predicted molar refractivity (Wildman–Crippen MR) is 88.4 cm³/mol. The molecule has 0 heterocycles. The summed E-state index contributed by atoms with van der Waals surface area (Å²) in [5.41, 5.74) is 0.363. The van der Waals surface area contributed by atoms with Crippen LogP contribution >= 0.6 is 0 Å². The van der Waals surface area contributed by atoms with Crippen LogP contribution in [0, 0.1) is 11.8 Å². The zero-order chi connectivity index (χ0) is 18.3. The monoisotopic (exact) mass is 343 g/mol. The highest BCUT2D eigenvalue weighted by molar-refractivity contribution is 5.79. The summed E-state index contributed by atoms with van der Waals surface area (Å²) in [5.74, 6) is 0.191. The highest BCUT2D eigenvalue weighted by Gasteiger charge is 2.30. The summed E-state index contributed by atoms with van der Waals surface area (Å²) in [6.07, 6.45) is -0.666. The normalized spacial score (nSPS) is 15.0. The quantitative estimate of drug-likeness (QED) is 0.700. The number of allylic oxidation sites excluding steroid dienone is 2. The first-order chi connectivity index (χ1) is 11.2. The van der Waals surface area contributed by atoms with Gasteiger partial charge in [-0.05, 0) is 48.9 Å². The molecule has 1 N–H and O–H groups in total. The Morgan fingerprint density at radius 3 is 2.21 bits per heavy atom. The van der Waals surface area contributed by atoms with Crippen molar-refractivity contribution in [3.05, 3.63) is 41.6 Å². The Morgan fingerprint density at radius 1 is 1.21 bits per heavy atom. The third-order valence-electron chi connectivity index (χ3n) is 4.12. The van der Waals surface area contributed by atoms with Crippen molar-refractivity contribution in [2.24, 2.45) is 11.8 Å². The van der Waals surface area contributed by atoms with Gasteiger partial charge in [0, 0.05) is 18.0 Å². The Balaban J connectivity index is 3.07. The number of nitrogens with zero attached hydrogens (tertiary/aromatic N) is 1. The summed E-state index contributed by atoms with van der Waals surface area (Å²) in [6, 6.07) is 4.52.